The van der Waals surface area contributed by atoms with Gasteiger partial charge < -0.3 is 9.64 Å². The Morgan fingerprint density at radius 2 is 1.73 bits per heavy atom. The average Bonchev–Trinajstić information content (AvgIpc) is 3.30. The Balaban J connectivity index is 1.31. The summed E-state index contributed by atoms with van der Waals surface area (Å²) in [4.78, 5) is 14.4. The summed E-state index contributed by atoms with van der Waals surface area (Å²) in [6.07, 6.45) is 4.41. The normalized spacial score (nSPS) is 15.3. The molecular formula is C18H20FN7O3S. The SMILES string of the molecule is O=S(=O)(CCOc1ccc(F)cc1)N1CCN(c2cc(-n3cncn3)ncn2)CC1. The summed E-state index contributed by atoms with van der Waals surface area (Å²) in [5.74, 6) is 1.21. The molecule has 1 fully saturated rings. The van der Waals surface area contributed by atoms with E-state index in [-0.39, 0.29) is 18.2 Å². The number of anilines is 1. The van der Waals surface area contributed by atoms with E-state index in [0.717, 1.165) is 0 Å². The van der Waals surface area contributed by atoms with Gasteiger partial charge in [-0.2, -0.15) is 9.40 Å². The first kappa shape index (κ1) is 20.2. The van der Waals surface area contributed by atoms with Crippen molar-refractivity contribution in [3.8, 4) is 11.6 Å². The predicted octanol–water partition coefficient (Wildman–Crippen LogP) is 0.727. The number of nitrogens with zero attached hydrogens (tertiary/aromatic N) is 7. The van der Waals surface area contributed by atoms with Crippen LogP contribution in [0.2, 0.25) is 0 Å². The van der Waals surface area contributed by atoms with Gasteiger partial charge in [0, 0.05) is 32.2 Å². The average molecular weight is 433 g/mol. The molecule has 1 aromatic carbocycles. The second-order valence-electron chi connectivity index (χ2n) is 6.58. The van der Waals surface area contributed by atoms with Gasteiger partial charge in [0.15, 0.2) is 5.82 Å². The maximum absolute atomic E-state index is 12.9. The van der Waals surface area contributed by atoms with Crippen LogP contribution in [0.15, 0.2) is 49.3 Å². The van der Waals surface area contributed by atoms with Gasteiger partial charge in [0.1, 0.15) is 43.0 Å². The molecule has 1 aliphatic rings. The molecular weight excluding hydrogens is 413 g/mol. The smallest absolute Gasteiger partial charge is 0.217 e. The van der Waals surface area contributed by atoms with Crippen LogP contribution in [-0.2, 0) is 10.0 Å². The molecule has 0 spiro atoms. The van der Waals surface area contributed by atoms with E-state index >= 15 is 0 Å². The van der Waals surface area contributed by atoms with Crippen molar-refractivity contribution < 1.29 is 17.5 Å². The third-order valence-electron chi connectivity index (χ3n) is 4.67. The van der Waals surface area contributed by atoms with Gasteiger partial charge in [-0.05, 0) is 24.3 Å². The lowest BCUT2D eigenvalue weighted by molar-refractivity contribution is 0.330. The standard InChI is InChI=1S/C18H20FN7O3S/c19-15-1-3-16(4-2-15)29-9-10-30(27,28)25-7-5-24(6-8-25)17-11-18(22-13-21-17)26-14-20-12-23-26/h1-4,11-14H,5-10H2. The lowest BCUT2D eigenvalue weighted by Gasteiger charge is -2.34. The second kappa shape index (κ2) is 8.71. The van der Waals surface area contributed by atoms with Crippen LogP contribution in [0.5, 0.6) is 5.75 Å². The molecule has 0 amide bonds. The van der Waals surface area contributed by atoms with E-state index in [2.05, 4.69) is 20.1 Å². The summed E-state index contributed by atoms with van der Waals surface area (Å²) >= 11 is 0. The predicted molar refractivity (Wildman–Crippen MR) is 106 cm³/mol. The van der Waals surface area contributed by atoms with Crippen LogP contribution < -0.4 is 9.64 Å². The highest BCUT2D eigenvalue weighted by Gasteiger charge is 2.27. The van der Waals surface area contributed by atoms with Gasteiger partial charge in [-0.3, -0.25) is 0 Å². The fourth-order valence-corrected chi connectivity index (χ4v) is 4.35. The van der Waals surface area contributed by atoms with Crippen molar-refractivity contribution in [1.29, 1.82) is 0 Å². The first-order valence-corrected chi connectivity index (χ1v) is 10.9. The van der Waals surface area contributed by atoms with Crippen molar-refractivity contribution >= 4 is 15.8 Å². The first-order chi connectivity index (χ1) is 14.5. The van der Waals surface area contributed by atoms with Crippen molar-refractivity contribution in [2.45, 2.75) is 0 Å². The lowest BCUT2D eigenvalue weighted by atomic mass is 10.3. The number of halogens is 1. The monoisotopic (exact) mass is 433 g/mol. The van der Waals surface area contributed by atoms with Crippen molar-refractivity contribution in [2.24, 2.45) is 0 Å². The van der Waals surface area contributed by atoms with E-state index < -0.39 is 10.0 Å². The fourth-order valence-electron chi connectivity index (χ4n) is 3.08. The van der Waals surface area contributed by atoms with Gasteiger partial charge >= 0.3 is 0 Å². The Bertz CT molecular complexity index is 1070. The van der Waals surface area contributed by atoms with Gasteiger partial charge in [-0.15, -0.1) is 0 Å². The number of rotatable bonds is 7. The van der Waals surface area contributed by atoms with Crippen LogP contribution in [0.1, 0.15) is 0 Å². The van der Waals surface area contributed by atoms with E-state index in [9.17, 15) is 12.8 Å². The van der Waals surface area contributed by atoms with Gasteiger partial charge in [0.05, 0.1) is 5.75 Å². The number of sulfonamides is 1. The zero-order valence-corrected chi connectivity index (χ0v) is 16.8. The molecule has 12 heteroatoms. The summed E-state index contributed by atoms with van der Waals surface area (Å²) in [6.45, 7) is 1.71. The molecule has 0 radical (unpaired) electrons. The van der Waals surface area contributed by atoms with Gasteiger partial charge in [-0.25, -0.2) is 32.4 Å². The lowest BCUT2D eigenvalue weighted by Crippen LogP contribution is -2.50. The maximum Gasteiger partial charge on any atom is 0.217 e. The number of piperazine rings is 1. The van der Waals surface area contributed by atoms with E-state index in [1.807, 2.05) is 4.90 Å². The van der Waals surface area contributed by atoms with Gasteiger partial charge in [0.25, 0.3) is 0 Å². The molecule has 0 unspecified atom stereocenters. The van der Waals surface area contributed by atoms with Crippen LogP contribution in [0, 0.1) is 5.82 Å². The molecule has 0 saturated carbocycles. The first-order valence-electron chi connectivity index (χ1n) is 9.29. The van der Waals surface area contributed by atoms with Crippen molar-refractivity contribution in [1.82, 2.24) is 29.0 Å². The molecule has 2 aromatic heterocycles. The van der Waals surface area contributed by atoms with E-state index in [0.29, 0.717) is 43.6 Å². The van der Waals surface area contributed by atoms with Crippen LogP contribution in [0.25, 0.3) is 5.82 Å². The summed E-state index contributed by atoms with van der Waals surface area (Å²) in [6, 6.07) is 7.26. The van der Waals surface area contributed by atoms with Crippen molar-refractivity contribution in [2.75, 3.05) is 43.4 Å². The Morgan fingerprint density at radius 3 is 2.43 bits per heavy atom. The Labute approximate surface area is 173 Å². The molecule has 0 N–H and O–H groups in total. The highest BCUT2D eigenvalue weighted by molar-refractivity contribution is 7.89. The van der Waals surface area contributed by atoms with Crippen LogP contribution in [0.3, 0.4) is 0 Å². The largest absolute Gasteiger partial charge is 0.492 e. The van der Waals surface area contributed by atoms with E-state index in [1.165, 1.54) is 45.9 Å². The highest BCUT2D eigenvalue weighted by Crippen LogP contribution is 2.17. The molecule has 0 atom stereocenters. The Morgan fingerprint density at radius 1 is 1.00 bits per heavy atom. The highest BCUT2D eigenvalue weighted by atomic mass is 32.2. The quantitative estimate of drug-likeness (QED) is 0.537. The molecule has 10 nitrogen and oxygen atoms in total. The number of hydrogen-bond acceptors (Lipinski definition) is 8. The third-order valence-corrected chi connectivity index (χ3v) is 6.51. The second-order valence-corrected chi connectivity index (χ2v) is 8.67. The zero-order valence-electron chi connectivity index (χ0n) is 16.0. The topological polar surface area (TPSA) is 106 Å². The van der Waals surface area contributed by atoms with E-state index in [1.54, 1.807) is 12.4 Å². The molecule has 0 bridgehead atoms. The van der Waals surface area contributed by atoms with Gasteiger partial charge in [0.2, 0.25) is 10.0 Å². The maximum atomic E-state index is 12.9. The summed E-state index contributed by atoms with van der Waals surface area (Å²) in [7, 11) is -3.46. The van der Waals surface area contributed by atoms with Crippen LogP contribution in [0.4, 0.5) is 10.2 Å². The van der Waals surface area contributed by atoms with Crippen LogP contribution >= 0.6 is 0 Å². The number of ether oxygens (including phenoxy) is 1. The minimum atomic E-state index is -3.46. The number of hydrogen-bond donors (Lipinski definition) is 0. The van der Waals surface area contributed by atoms with Crippen molar-refractivity contribution in [3.63, 3.8) is 0 Å². The molecule has 4 rings (SSSR count). The molecule has 3 heterocycles. The van der Waals surface area contributed by atoms with Gasteiger partial charge in [-0.1, -0.05) is 0 Å². The van der Waals surface area contributed by atoms with Crippen molar-refractivity contribution in [3.05, 3.63) is 55.1 Å². The molecule has 0 aliphatic carbocycles. The number of aromatic nitrogens is 5. The molecule has 1 saturated heterocycles. The summed E-state index contributed by atoms with van der Waals surface area (Å²) in [5.41, 5.74) is 0. The molecule has 3 aromatic rings. The minimum Gasteiger partial charge on any atom is -0.492 e. The van der Waals surface area contributed by atoms with E-state index in [4.69, 9.17) is 4.74 Å². The third kappa shape index (κ3) is 4.71. The van der Waals surface area contributed by atoms with Crippen LogP contribution in [-0.4, -0.2) is 76.0 Å². The molecule has 158 valence electrons. The summed E-state index contributed by atoms with van der Waals surface area (Å²) < 4.78 is 46.5. The summed E-state index contributed by atoms with van der Waals surface area (Å²) in [5, 5.41) is 4.05. The fraction of sp³-hybridized carbons (Fsp3) is 0.333. The number of benzene rings is 1. The zero-order chi connectivity index (χ0) is 21.0. The molecule has 30 heavy (non-hydrogen) atoms. The Hall–Kier alpha value is -3.12. The Kier molecular flexibility index (Phi) is 5.86. The minimum absolute atomic E-state index is 0.00135. The molecule has 1 aliphatic heterocycles.